The van der Waals surface area contributed by atoms with Crippen LogP contribution in [0.25, 0.3) is 22.0 Å². The molecule has 31 heavy (non-hydrogen) atoms. The van der Waals surface area contributed by atoms with Crippen LogP contribution in [0.4, 0.5) is 5.82 Å². The van der Waals surface area contributed by atoms with Gasteiger partial charge in [0, 0.05) is 17.5 Å². The smallest absolute Gasteiger partial charge is 0.249 e. The minimum atomic E-state index is -3.78. The fourth-order valence-electron chi connectivity index (χ4n) is 3.87. The van der Waals surface area contributed by atoms with E-state index in [1.807, 2.05) is 87.5 Å². The highest BCUT2D eigenvalue weighted by Gasteiger charge is 2.29. The Bertz CT molecular complexity index is 1320. The van der Waals surface area contributed by atoms with Crippen LogP contribution in [0.3, 0.4) is 0 Å². The highest BCUT2D eigenvalue weighted by atomic mass is 32.2. The first-order valence-corrected chi connectivity index (χ1v) is 11.9. The number of hydrogen-bond donors (Lipinski definition) is 0. The van der Waals surface area contributed by atoms with Crippen molar-refractivity contribution in [3.05, 3.63) is 90.0 Å². The van der Waals surface area contributed by atoms with E-state index in [-0.39, 0.29) is 4.90 Å². The van der Waals surface area contributed by atoms with E-state index in [1.165, 1.54) is 4.31 Å². The zero-order chi connectivity index (χ0) is 22.0. The third-order valence-corrected chi connectivity index (χ3v) is 7.27. The van der Waals surface area contributed by atoms with Crippen LogP contribution < -0.4 is 4.31 Å². The summed E-state index contributed by atoms with van der Waals surface area (Å²) in [5.74, 6) is 0.477. The summed E-state index contributed by atoms with van der Waals surface area (Å²) in [7, 11) is -3.78. The average molecular weight is 431 g/mol. The molecule has 0 spiro atoms. The van der Waals surface area contributed by atoms with Crippen molar-refractivity contribution >= 4 is 26.7 Å². The molecule has 0 radical (unpaired) electrons. The van der Waals surface area contributed by atoms with Crippen molar-refractivity contribution in [3.63, 3.8) is 0 Å². The molecule has 0 aliphatic heterocycles. The Balaban J connectivity index is 2.02. The molecule has 0 fully saturated rings. The second kappa shape index (κ2) is 8.52. The van der Waals surface area contributed by atoms with Gasteiger partial charge in [-0.1, -0.05) is 73.2 Å². The van der Waals surface area contributed by atoms with Gasteiger partial charge in [-0.3, -0.25) is 0 Å². The third-order valence-electron chi connectivity index (χ3n) is 5.47. The van der Waals surface area contributed by atoms with Crippen LogP contribution in [-0.4, -0.2) is 19.9 Å². The van der Waals surface area contributed by atoms with E-state index in [9.17, 15) is 8.42 Å². The first-order chi connectivity index (χ1) is 14.9. The highest BCUT2D eigenvalue weighted by Crippen LogP contribution is 2.38. The lowest BCUT2D eigenvalue weighted by Crippen LogP contribution is -2.33. The Hall–Kier alpha value is -3.18. The lowest BCUT2D eigenvalue weighted by Gasteiger charge is -2.27. The molecule has 1 heterocycles. The summed E-state index contributed by atoms with van der Waals surface area (Å²) in [5.41, 5.74) is 4.63. The van der Waals surface area contributed by atoms with Gasteiger partial charge in [-0.2, -0.15) is 0 Å². The Labute approximate surface area is 184 Å². The normalized spacial score (nSPS) is 11.6. The van der Waals surface area contributed by atoms with Gasteiger partial charge in [0.15, 0.2) is 5.82 Å². The molecule has 0 unspecified atom stereocenters. The molecule has 0 saturated carbocycles. The van der Waals surface area contributed by atoms with E-state index in [1.54, 1.807) is 12.1 Å². The van der Waals surface area contributed by atoms with Crippen molar-refractivity contribution in [1.29, 1.82) is 0 Å². The molecule has 0 atom stereocenters. The number of anilines is 1. The summed E-state index contributed by atoms with van der Waals surface area (Å²) in [4.78, 5) is 5.16. The Morgan fingerprint density at radius 2 is 1.48 bits per heavy atom. The van der Waals surface area contributed by atoms with Crippen LogP contribution >= 0.6 is 0 Å². The second-order valence-electron chi connectivity index (χ2n) is 7.71. The largest absolute Gasteiger partial charge is 0.265 e. The number of para-hydroxylation sites is 1. The maximum Gasteiger partial charge on any atom is 0.265 e. The quantitative estimate of drug-likeness (QED) is 0.370. The number of fused-ring (bicyclic) bond motifs is 1. The van der Waals surface area contributed by atoms with Crippen LogP contribution in [0.15, 0.2) is 83.8 Å². The monoisotopic (exact) mass is 430 g/mol. The molecule has 4 rings (SSSR count). The van der Waals surface area contributed by atoms with E-state index in [0.29, 0.717) is 18.8 Å². The van der Waals surface area contributed by atoms with E-state index < -0.39 is 10.0 Å². The number of pyridine rings is 1. The number of hydrogen-bond acceptors (Lipinski definition) is 3. The molecule has 0 N–H and O–H groups in total. The predicted octanol–water partition coefficient (Wildman–Crippen LogP) is 6.12. The lowest BCUT2D eigenvalue weighted by atomic mass is 9.97. The van der Waals surface area contributed by atoms with Gasteiger partial charge >= 0.3 is 0 Å². The van der Waals surface area contributed by atoms with Gasteiger partial charge in [-0.15, -0.1) is 0 Å². The molecule has 3 aromatic carbocycles. The maximum atomic E-state index is 13.8. The fraction of sp³-hybridized carbons (Fsp3) is 0.192. The van der Waals surface area contributed by atoms with E-state index >= 15 is 0 Å². The minimum Gasteiger partial charge on any atom is -0.249 e. The van der Waals surface area contributed by atoms with Crippen LogP contribution in [0.2, 0.25) is 0 Å². The number of nitrogens with zero attached hydrogens (tertiary/aromatic N) is 2. The van der Waals surface area contributed by atoms with E-state index in [2.05, 4.69) is 0 Å². The van der Waals surface area contributed by atoms with Crippen LogP contribution in [-0.2, 0) is 10.0 Å². The van der Waals surface area contributed by atoms with Gasteiger partial charge in [0.2, 0.25) is 0 Å². The lowest BCUT2D eigenvalue weighted by molar-refractivity contribution is 0.589. The third kappa shape index (κ3) is 3.93. The summed E-state index contributed by atoms with van der Waals surface area (Å²) >= 11 is 0. The topological polar surface area (TPSA) is 50.3 Å². The number of benzene rings is 3. The van der Waals surface area contributed by atoms with E-state index in [0.717, 1.165) is 33.2 Å². The van der Waals surface area contributed by atoms with Gasteiger partial charge in [0.1, 0.15) is 0 Å². The standard InChI is InChI=1S/C26H26N2O2S/c1-4-18-28(31(29,30)22-16-14-19(2)15-17-22)26-25(21-10-6-5-7-11-21)20(3)23-12-8-9-13-24(23)27-26/h5-17H,4,18H2,1-3H3. The fourth-order valence-corrected chi connectivity index (χ4v) is 5.39. The highest BCUT2D eigenvalue weighted by molar-refractivity contribution is 7.92. The van der Waals surface area contributed by atoms with Crippen LogP contribution in [0, 0.1) is 13.8 Å². The van der Waals surface area contributed by atoms with Crippen molar-refractivity contribution in [2.45, 2.75) is 32.1 Å². The molecule has 4 aromatic rings. The number of aryl methyl sites for hydroxylation is 2. The van der Waals surface area contributed by atoms with Crippen molar-refractivity contribution in [1.82, 2.24) is 4.98 Å². The average Bonchev–Trinajstić information content (AvgIpc) is 2.78. The molecule has 1 aromatic heterocycles. The molecular weight excluding hydrogens is 404 g/mol. The zero-order valence-electron chi connectivity index (χ0n) is 18.0. The molecular formula is C26H26N2O2S. The summed E-state index contributed by atoms with van der Waals surface area (Å²) < 4.78 is 29.0. The van der Waals surface area contributed by atoms with Crippen molar-refractivity contribution < 1.29 is 8.42 Å². The summed E-state index contributed by atoms with van der Waals surface area (Å²) in [5, 5.41) is 1.02. The number of sulfonamides is 1. The molecule has 0 bridgehead atoms. The Morgan fingerprint density at radius 1 is 0.839 bits per heavy atom. The molecule has 0 saturated heterocycles. The summed E-state index contributed by atoms with van der Waals surface area (Å²) in [6.45, 7) is 6.31. The first kappa shape index (κ1) is 21.1. The van der Waals surface area contributed by atoms with Gasteiger partial charge in [0.25, 0.3) is 10.0 Å². The maximum absolute atomic E-state index is 13.8. The van der Waals surface area contributed by atoms with E-state index in [4.69, 9.17) is 4.98 Å². The van der Waals surface area contributed by atoms with Gasteiger partial charge in [-0.05, 0) is 49.6 Å². The molecule has 0 amide bonds. The Morgan fingerprint density at radius 3 is 2.16 bits per heavy atom. The molecule has 0 aliphatic carbocycles. The first-order valence-electron chi connectivity index (χ1n) is 10.5. The van der Waals surface area contributed by atoms with Crippen LogP contribution in [0.5, 0.6) is 0 Å². The molecule has 5 heteroatoms. The predicted molar refractivity (Wildman–Crippen MR) is 128 cm³/mol. The second-order valence-corrected chi connectivity index (χ2v) is 9.57. The summed E-state index contributed by atoms with van der Waals surface area (Å²) in [6, 6.07) is 24.8. The molecule has 158 valence electrons. The molecule has 0 aliphatic rings. The van der Waals surface area contributed by atoms with Crippen molar-refractivity contribution in [3.8, 4) is 11.1 Å². The van der Waals surface area contributed by atoms with Gasteiger partial charge in [-0.25, -0.2) is 17.7 Å². The SMILES string of the molecule is CCCN(c1nc2ccccc2c(C)c1-c1ccccc1)S(=O)(=O)c1ccc(C)cc1. The van der Waals surface area contributed by atoms with Crippen molar-refractivity contribution in [2.24, 2.45) is 0 Å². The Kier molecular flexibility index (Phi) is 5.79. The van der Waals surface area contributed by atoms with Gasteiger partial charge in [0.05, 0.1) is 10.4 Å². The van der Waals surface area contributed by atoms with Gasteiger partial charge < -0.3 is 0 Å². The number of aromatic nitrogens is 1. The molecule has 4 nitrogen and oxygen atoms in total. The van der Waals surface area contributed by atoms with Crippen molar-refractivity contribution in [2.75, 3.05) is 10.8 Å². The van der Waals surface area contributed by atoms with Crippen LogP contribution in [0.1, 0.15) is 24.5 Å². The zero-order valence-corrected chi connectivity index (χ0v) is 18.9. The minimum absolute atomic E-state index is 0.276. The summed E-state index contributed by atoms with van der Waals surface area (Å²) in [6.07, 6.45) is 0.673. The number of rotatable bonds is 6.